The van der Waals surface area contributed by atoms with Gasteiger partial charge in [-0.3, -0.25) is 14.5 Å². The lowest BCUT2D eigenvalue weighted by atomic mass is 9.98. The van der Waals surface area contributed by atoms with E-state index in [2.05, 4.69) is 10.3 Å². The average molecular weight is 532 g/mol. The number of ketones is 1. The largest absolute Gasteiger partial charge is 0.401 e. The van der Waals surface area contributed by atoms with Crippen molar-refractivity contribution in [2.75, 3.05) is 42.7 Å². The molecule has 0 unspecified atom stereocenters. The minimum Gasteiger partial charge on any atom is -0.400 e. The van der Waals surface area contributed by atoms with Crippen LogP contribution in [0.4, 0.5) is 34.9 Å². The van der Waals surface area contributed by atoms with Gasteiger partial charge >= 0.3 is 6.18 Å². The number of hydrogen-bond donors (Lipinski definition) is 3. The van der Waals surface area contributed by atoms with E-state index < -0.39 is 29.9 Å². The van der Waals surface area contributed by atoms with Crippen LogP contribution in [0.5, 0.6) is 0 Å². The summed E-state index contributed by atoms with van der Waals surface area (Å²) in [6, 6.07) is -0.289. The molecule has 4 N–H and O–H groups in total. The summed E-state index contributed by atoms with van der Waals surface area (Å²) in [7, 11) is 1.00. The number of carbonyl (C=O) groups is 2. The number of nitrogens with two attached hydrogens (primary N) is 1. The molecule has 3 aliphatic rings. The van der Waals surface area contributed by atoms with Gasteiger partial charge in [0.05, 0.1) is 17.8 Å². The molecule has 0 atom stereocenters. The Kier molecular flexibility index (Phi) is 10.1. The number of piperidine rings is 1. The lowest BCUT2D eigenvalue weighted by Crippen LogP contribution is -2.43. The number of nitrogen functional groups attached to an aromatic ring is 1. The maximum absolute atomic E-state index is 15.2. The Hall–Kier alpha value is -2.73. The molecule has 12 heteroatoms. The fraction of sp³-hybridized carbons (Fsp3) is 0.640. The van der Waals surface area contributed by atoms with Crippen molar-refractivity contribution in [3.63, 3.8) is 0 Å². The number of rotatable bonds is 4. The highest BCUT2D eigenvalue weighted by molar-refractivity contribution is 6.10. The number of aliphatic hydroxyl groups excluding tert-OH is 1. The Labute approximate surface area is 214 Å². The first-order chi connectivity index (χ1) is 17.4. The van der Waals surface area contributed by atoms with Crippen molar-refractivity contribution < 1.29 is 32.3 Å². The van der Waals surface area contributed by atoms with E-state index in [1.807, 2.05) is 32.6 Å². The highest BCUT2D eigenvalue weighted by Gasteiger charge is 2.43. The zero-order valence-corrected chi connectivity index (χ0v) is 22.0. The monoisotopic (exact) mass is 531 g/mol. The Morgan fingerprint density at radius 3 is 2.35 bits per heavy atom. The van der Waals surface area contributed by atoms with Crippen LogP contribution in [0.3, 0.4) is 0 Å². The Morgan fingerprint density at radius 1 is 1.22 bits per heavy atom. The number of alkyl halides is 3. The van der Waals surface area contributed by atoms with Crippen LogP contribution in [0.15, 0.2) is 11.3 Å². The third-order valence-corrected chi connectivity index (χ3v) is 6.69. The molecule has 4 rings (SSSR count). The van der Waals surface area contributed by atoms with Gasteiger partial charge in [-0.05, 0) is 39.5 Å². The Balaban J connectivity index is 0.00000115. The normalized spacial score (nSPS) is 19.6. The standard InChI is InChI=1S/C22H27F4N5O2.C2H6.CH4O/c1-21(2)6-3-14-12(10-32)9-15(33)16-18(27)17(23)19(29-20(16)31(14)21)28-13-4-7-30(8-5-13)11-22(24,25)26;2*1-2/h10,13H,3-9,11H2,1-2H3,(H3,27,28,29);1-2H3;2H,1H3. The molecule has 8 nitrogen and oxygen atoms in total. The number of fused-ring (bicyclic) bond motifs is 3. The van der Waals surface area contributed by atoms with E-state index in [1.54, 1.807) is 0 Å². The lowest BCUT2D eigenvalue weighted by molar-refractivity contribution is -0.147. The highest BCUT2D eigenvalue weighted by Crippen LogP contribution is 2.47. The molecule has 0 amide bonds. The van der Waals surface area contributed by atoms with Crippen LogP contribution >= 0.6 is 0 Å². The van der Waals surface area contributed by atoms with Crippen LogP contribution in [-0.4, -0.2) is 71.6 Å². The van der Waals surface area contributed by atoms with Gasteiger partial charge in [-0.25, -0.2) is 9.37 Å². The van der Waals surface area contributed by atoms with E-state index in [-0.39, 0.29) is 48.4 Å². The smallest absolute Gasteiger partial charge is 0.400 e. The van der Waals surface area contributed by atoms with E-state index in [4.69, 9.17) is 10.8 Å². The summed E-state index contributed by atoms with van der Waals surface area (Å²) in [6.45, 7) is 7.36. The van der Waals surface area contributed by atoms with Crippen molar-refractivity contribution in [2.45, 2.75) is 77.6 Å². The van der Waals surface area contributed by atoms with Crippen LogP contribution in [0, 0.1) is 5.82 Å². The molecule has 0 bridgehead atoms. The first-order valence-electron chi connectivity index (χ1n) is 12.4. The number of aromatic nitrogens is 1. The zero-order valence-electron chi connectivity index (χ0n) is 22.0. The molecule has 37 heavy (non-hydrogen) atoms. The minimum absolute atomic E-state index is 0.0395. The molecular weight excluding hydrogens is 494 g/mol. The summed E-state index contributed by atoms with van der Waals surface area (Å²) in [6.07, 6.45) is -1.73. The lowest BCUT2D eigenvalue weighted by Gasteiger charge is -2.35. The summed E-state index contributed by atoms with van der Waals surface area (Å²) in [5.41, 5.74) is 6.26. The van der Waals surface area contributed by atoms with Crippen molar-refractivity contribution in [1.82, 2.24) is 9.88 Å². The van der Waals surface area contributed by atoms with Crippen molar-refractivity contribution in [2.24, 2.45) is 0 Å². The van der Waals surface area contributed by atoms with Gasteiger partial charge in [0.1, 0.15) is 12.1 Å². The van der Waals surface area contributed by atoms with E-state index in [0.717, 1.165) is 7.11 Å². The summed E-state index contributed by atoms with van der Waals surface area (Å²) in [4.78, 5) is 32.2. The molecule has 1 aromatic heterocycles. The van der Waals surface area contributed by atoms with E-state index in [9.17, 15) is 22.8 Å². The van der Waals surface area contributed by atoms with Gasteiger partial charge in [-0.2, -0.15) is 13.2 Å². The van der Waals surface area contributed by atoms with Crippen LogP contribution in [0.2, 0.25) is 0 Å². The summed E-state index contributed by atoms with van der Waals surface area (Å²) >= 11 is 0. The van der Waals surface area contributed by atoms with Crippen LogP contribution in [0.1, 0.15) is 70.2 Å². The average Bonchev–Trinajstić information content (AvgIpc) is 3.10. The molecule has 0 radical (unpaired) electrons. The predicted molar refractivity (Wildman–Crippen MR) is 135 cm³/mol. The van der Waals surface area contributed by atoms with Crippen molar-refractivity contribution in [3.05, 3.63) is 22.7 Å². The topological polar surface area (TPSA) is 112 Å². The Morgan fingerprint density at radius 2 is 1.81 bits per heavy atom. The molecule has 0 aromatic carbocycles. The number of nitrogens with zero attached hydrogens (tertiary/aromatic N) is 3. The molecule has 4 heterocycles. The van der Waals surface area contributed by atoms with Crippen LogP contribution < -0.4 is 16.0 Å². The van der Waals surface area contributed by atoms with E-state index in [1.165, 1.54) is 4.90 Å². The molecule has 0 saturated carbocycles. The number of hydrogen-bond acceptors (Lipinski definition) is 8. The maximum Gasteiger partial charge on any atom is 0.401 e. The number of anilines is 3. The van der Waals surface area contributed by atoms with Crippen LogP contribution in [-0.2, 0) is 4.79 Å². The zero-order chi connectivity index (χ0) is 28.1. The summed E-state index contributed by atoms with van der Waals surface area (Å²) in [5.74, 6) is -1.26. The number of aldehydes is 1. The van der Waals surface area contributed by atoms with Crippen molar-refractivity contribution in [3.8, 4) is 0 Å². The second-order valence-electron chi connectivity index (χ2n) is 9.53. The fourth-order valence-electron chi connectivity index (χ4n) is 4.99. The van der Waals surface area contributed by atoms with Gasteiger partial charge in [-0.1, -0.05) is 13.8 Å². The quantitative estimate of drug-likeness (QED) is 0.390. The van der Waals surface area contributed by atoms with Crippen molar-refractivity contribution in [1.29, 1.82) is 0 Å². The maximum atomic E-state index is 15.2. The van der Waals surface area contributed by atoms with Gasteiger partial charge in [0.15, 0.2) is 17.4 Å². The minimum atomic E-state index is -4.26. The van der Waals surface area contributed by atoms with Gasteiger partial charge in [0, 0.05) is 49.5 Å². The van der Waals surface area contributed by atoms with Gasteiger partial charge in [-0.15, -0.1) is 0 Å². The predicted octanol–water partition coefficient (Wildman–Crippen LogP) is 4.29. The number of pyridine rings is 1. The highest BCUT2D eigenvalue weighted by atomic mass is 19.4. The number of Topliss-reactive ketones (excluding diaryl/α,β-unsaturated/α-hetero) is 1. The molecule has 208 valence electrons. The molecule has 0 spiro atoms. The Bertz CT molecular complexity index is 1020. The number of likely N-dealkylation sites (tertiary alicyclic amines) is 1. The molecule has 0 aliphatic carbocycles. The third-order valence-electron chi connectivity index (χ3n) is 6.69. The summed E-state index contributed by atoms with van der Waals surface area (Å²) in [5, 5.41) is 9.99. The molecule has 2 fully saturated rings. The second kappa shape index (κ2) is 12.2. The van der Waals surface area contributed by atoms with Crippen molar-refractivity contribution >= 4 is 29.4 Å². The number of allylic oxidation sites excluding steroid dienone is 2. The van der Waals surface area contributed by atoms with Gasteiger partial charge in [0.25, 0.3) is 0 Å². The number of nitrogens with one attached hydrogen (secondary N) is 1. The first kappa shape index (κ1) is 30.5. The number of aliphatic hydroxyl groups is 1. The molecule has 1 aromatic rings. The third kappa shape index (κ3) is 6.59. The second-order valence-corrected chi connectivity index (χ2v) is 9.53. The SMILES string of the molecule is CC.CC1(C)CCC2=C(C=O)CC(=O)c3c(nc(NC4CCN(CC(F)(F)F)CC4)c(F)c3N)N21.CO. The number of carbonyl (C=O) groups excluding carboxylic acids is 2. The molecule has 3 aliphatic heterocycles. The summed E-state index contributed by atoms with van der Waals surface area (Å²) < 4.78 is 53.1. The first-order valence-corrected chi connectivity index (χ1v) is 12.4. The molecule has 2 saturated heterocycles. The van der Waals surface area contributed by atoms with Crippen LogP contribution in [0.25, 0.3) is 0 Å². The fourth-order valence-corrected chi connectivity index (χ4v) is 4.99. The van der Waals surface area contributed by atoms with Gasteiger partial charge in [0.2, 0.25) is 0 Å². The van der Waals surface area contributed by atoms with E-state index in [0.29, 0.717) is 43.2 Å². The van der Waals surface area contributed by atoms with E-state index >= 15 is 4.39 Å². The molecular formula is C25H37F4N5O3. The number of halogens is 4. The van der Waals surface area contributed by atoms with Gasteiger partial charge < -0.3 is 21.1 Å².